The molecule has 0 spiro atoms. The first kappa shape index (κ1) is 24.4. The molecule has 9 heteroatoms. The molecule has 2 aromatic carbocycles. The number of phenols is 1. The highest BCUT2D eigenvalue weighted by Gasteiger charge is 2.24. The van der Waals surface area contributed by atoms with Crippen molar-refractivity contribution in [3.63, 3.8) is 0 Å². The number of amides is 3. The number of carbonyl (C=O) groups is 4. The summed E-state index contributed by atoms with van der Waals surface area (Å²) in [7, 11) is 0. The first-order valence-electron chi connectivity index (χ1n) is 10.1. The van der Waals surface area contributed by atoms with Crippen LogP contribution >= 0.6 is 0 Å². The van der Waals surface area contributed by atoms with Gasteiger partial charge in [0, 0.05) is 11.1 Å². The van der Waals surface area contributed by atoms with Crippen molar-refractivity contribution in [1.82, 2.24) is 10.6 Å². The molecular weight excluding hydrogens is 414 g/mol. The van der Waals surface area contributed by atoms with E-state index in [1.807, 2.05) is 13.0 Å². The van der Waals surface area contributed by atoms with Crippen LogP contribution in [0.3, 0.4) is 0 Å². The second kappa shape index (κ2) is 10.9. The molecule has 1 unspecified atom stereocenters. The van der Waals surface area contributed by atoms with E-state index in [4.69, 9.17) is 10.8 Å². The zero-order chi connectivity index (χ0) is 23.8. The monoisotopic (exact) mass is 441 g/mol. The van der Waals surface area contributed by atoms with Gasteiger partial charge in [-0.1, -0.05) is 25.5 Å². The maximum atomic E-state index is 12.8. The summed E-state index contributed by atoms with van der Waals surface area (Å²) in [5.74, 6) is -3.15. The number of phenolic OH excluding ortho intramolecular Hbond substituents is 1. The van der Waals surface area contributed by atoms with E-state index in [1.54, 1.807) is 25.1 Å². The Hall–Kier alpha value is -3.88. The van der Waals surface area contributed by atoms with Crippen molar-refractivity contribution in [2.45, 2.75) is 45.2 Å². The first-order chi connectivity index (χ1) is 15.1. The summed E-state index contributed by atoms with van der Waals surface area (Å²) in [5, 5.41) is 24.1. The molecule has 6 N–H and O–H groups in total. The lowest BCUT2D eigenvalue weighted by atomic mass is 10.00. The van der Waals surface area contributed by atoms with Gasteiger partial charge in [0.15, 0.2) is 0 Å². The zero-order valence-electron chi connectivity index (χ0n) is 17.9. The fourth-order valence-electron chi connectivity index (χ4n) is 3.29. The van der Waals surface area contributed by atoms with Crippen LogP contribution in [0.15, 0.2) is 42.5 Å². The number of carbonyl (C=O) groups excluding carboxylic acids is 3. The van der Waals surface area contributed by atoms with Crippen LogP contribution < -0.4 is 16.4 Å². The molecule has 0 fully saturated rings. The molecule has 0 radical (unpaired) electrons. The molecule has 0 aromatic heterocycles. The number of hydrogen-bond donors (Lipinski definition) is 5. The molecule has 0 bridgehead atoms. The lowest BCUT2D eigenvalue weighted by Gasteiger charge is -2.19. The van der Waals surface area contributed by atoms with E-state index in [0.717, 1.165) is 12.0 Å². The predicted molar refractivity (Wildman–Crippen MR) is 117 cm³/mol. The molecule has 32 heavy (non-hydrogen) atoms. The number of hydrogen-bond acceptors (Lipinski definition) is 5. The van der Waals surface area contributed by atoms with Crippen LogP contribution in [0.2, 0.25) is 0 Å². The van der Waals surface area contributed by atoms with Crippen molar-refractivity contribution in [3.8, 4) is 5.75 Å². The molecule has 0 aliphatic carbocycles. The summed E-state index contributed by atoms with van der Waals surface area (Å²) in [6.07, 6.45) is 0.953. The van der Waals surface area contributed by atoms with Crippen molar-refractivity contribution in [2.24, 2.45) is 5.73 Å². The molecule has 0 aliphatic heterocycles. The highest BCUT2D eigenvalue weighted by molar-refractivity contribution is 6.00. The minimum atomic E-state index is -1.44. The minimum Gasteiger partial charge on any atom is -0.508 e. The molecule has 2 rings (SSSR count). The van der Waals surface area contributed by atoms with Crippen molar-refractivity contribution >= 4 is 23.7 Å². The average molecular weight is 441 g/mol. The third-order valence-corrected chi connectivity index (χ3v) is 4.90. The average Bonchev–Trinajstić information content (AvgIpc) is 2.72. The van der Waals surface area contributed by atoms with Crippen LogP contribution in [0.1, 0.15) is 64.1 Å². The fourth-order valence-corrected chi connectivity index (χ4v) is 3.29. The maximum absolute atomic E-state index is 12.8. The van der Waals surface area contributed by atoms with Gasteiger partial charge in [-0.15, -0.1) is 0 Å². The predicted octanol–water partition coefficient (Wildman–Crippen LogP) is 2.03. The highest BCUT2D eigenvalue weighted by Crippen LogP contribution is 2.23. The Labute approximate surface area is 185 Å². The molecule has 0 saturated heterocycles. The lowest BCUT2D eigenvalue weighted by Crippen LogP contribution is -2.43. The van der Waals surface area contributed by atoms with Crippen molar-refractivity contribution in [3.05, 3.63) is 64.7 Å². The Kier molecular flexibility index (Phi) is 8.34. The van der Waals surface area contributed by atoms with E-state index < -0.39 is 30.2 Å². The quantitative estimate of drug-likeness (QED) is 0.379. The number of carboxylic acids is 1. The number of aromatic hydroxyl groups is 1. The Morgan fingerprint density at radius 3 is 2.31 bits per heavy atom. The number of nitrogens with two attached hydrogens (primary N) is 1. The third-order valence-electron chi connectivity index (χ3n) is 4.90. The molecule has 2 aromatic rings. The molecule has 170 valence electrons. The van der Waals surface area contributed by atoms with E-state index in [1.165, 1.54) is 18.2 Å². The standard InChI is InChI=1S/C23H27N3O6/c1-3-5-18(14-6-4-7-16(27)11-14)25-21(29)15-8-9-17(13(2)10-15)22(30)26-19(23(31)32)12-20(24)28/h4,6-11,18-19,27H,3,5,12H2,1-2H3,(H2,24,28)(H,25,29)(H,26,30)(H,31,32)/t18?,19-/m0/s1. The molecule has 0 aliphatic rings. The Bertz CT molecular complexity index is 1020. The first-order valence-corrected chi connectivity index (χ1v) is 10.1. The summed E-state index contributed by atoms with van der Waals surface area (Å²) in [5.41, 5.74) is 6.77. The third kappa shape index (κ3) is 6.56. The number of carboxylic acid groups (broad SMARTS) is 1. The van der Waals surface area contributed by atoms with Gasteiger partial charge in [0.1, 0.15) is 11.8 Å². The minimum absolute atomic E-state index is 0.111. The highest BCUT2D eigenvalue weighted by atomic mass is 16.4. The summed E-state index contributed by atoms with van der Waals surface area (Å²) in [6.45, 7) is 3.61. The molecule has 9 nitrogen and oxygen atoms in total. The van der Waals surface area contributed by atoms with E-state index in [2.05, 4.69) is 10.6 Å². The summed E-state index contributed by atoms with van der Waals surface area (Å²) >= 11 is 0. The van der Waals surface area contributed by atoms with E-state index in [0.29, 0.717) is 17.5 Å². The summed E-state index contributed by atoms with van der Waals surface area (Å²) < 4.78 is 0. The van der Waals surface area contributed by atoms with Crippen LogP contribution in [-0.2, 0) is 9.59 Å². The number of aliphatic carboxylic acids is 1. The Morgan fingerprint density at radius 2 is 1.75 bits per heavy atom. The van der Waals surface area contributed by atoms with Crippen LogP contribution in [0.25, 0.3) is 0 Å². The second-order valence-electron chi connectivity index (χ2n) is 7.47. The number of benzene rings is 2. The number of aryl methyl sites for hydroxylation is 1. The molecule has 2 atom stereocenters. The van der Waals surface area contributed by atoms with Crippen molar-refractivity contribution in [2.75, 3.05) is 0 Å². The molecule has 0 heterocycles. The van der Waals surface area contributed by atoms with Gasteiger partial charge in [0.05, 0.1) is 12.5 Å². The smallest absolute Gasteiger partial charge is 0.326 e. The number of nitrogens with one attached hydrogen (secondary N) is 2. The maximum Gasteiger partial charge on any atom is 0.326 e. The molecular formula is C23H27N3O6. The van der Waals surface area contributed by atoms with Gasteiger partial charge >= 0.3 is 5.97 Å². The zero-order valence-corrected chi connectivity index (χ0v) is 17.9. The van der Waals surface area contributed by atoms with Crippen molar-refractivity contribution < 1.29 is 29.4 Å². The SMILES string of the molecule is CCCC(NC(=O)c1ccc(C(=O)N[C@@H](CC(N)=O)C(=O)O)c(C)c1)c1cccc(O)c1. The number of rotatable bonds is 10. The van der Waals surface area contributed by atoms with E-state index in [-0.39, 0.29) is 23.3 Å². The molecule has 3 amide bonds. The van der Waals surface area contributed by atoms with Gasteiger partial charge in [0.25, 0.3) is 11.8 Å². The Balaban J connectivity index is 2.17. The van der Waals surface area contributed by atoms with Crippen LogP contribution in [-0.4, -0.2) is 39.9 Å². The lowest BCUT2D eigenvalue weighted by molar-refractivity contribution is -0.140. The summed E-state index contributed by atoms with van der Waals surface area (Å²) in [6, 6.07) is 9.36. The van der Waals surface area contributed by atoms with Gasteiger partial charge < -0.3 is 26.6 Å². The van der Waals surface area contributed by atoms with Crippen molar-refractivity contribution in [1.29, 1.82) is 0 Å². The molecule has 0 saturated carbocycles. The van der Waals surface area contributed by atoms with E-state index >= 15 is 0 Å². The van der Waals surface area contributed by atoms with Crippen LogP contribution in [0.4, 0.5) is 0 Å². The van der Waals surface area contributed by atoms with Gasteiger partial charge in [-0.3, -0.25) is 14.4 Å². The normalized spacial score (nSPS) is 12.4. The Morgan fingerprint density at radius 1 is 1.03 bits per heavy atom. The topological polar surface area (TPSA) is 159 Å². The summed E-state index contributed by atoms with van der Waals surface area (Å²) in [4.78, 5) is 47.5. The van der Waals surface area contributed by atoms with Gasteiger partial charge in [-0.05, 0) is 54.8 Å². The fraction of sp³-hybridized carbons (Fsp3) is 0.304. The van der Waals surface area contributed by atoms with Crippen LogP contribution in [0, 0.1) is 6.92 Å². The van der Waals surface area contributed by atoms with Gasteiger partial charge in [-0.2, -0.15) is 0 Å². The number of primary amides is 1. The second-order valence-corrected chi connectivity index (χ2v) is 7.47. The van der Waals surface area contributed by atoms with Gasteiger partial charge in [0.2, 0.25) is 5.91 Å². The van der Waals surface area contributed by atoms with Crippen LogP contribution in [0.5, 0.6) is 5.75 Å². The van der Waals surface area contributed by atoms with Gasteiger partial charge in [-0.25, -0.2) is 4.79 Å². The largest absolute Gasteiger partial charge is 0.508 e. The van der Waals surface area contributed by atoms with E-state index in [9.17, 15) is 24.3 Å².